The minimum absolute atomic E-state index is 0.0986. The van der Waals surface area contributed by atoms with Crippen LogP contribution in [0.15, 0.2) is 48.5 Å². The topological polar surface area (TPSA) is 109 Å². The molecule has 0 aliphatic carbocycles. The molecule has 36 heavy (non-hydrogen) atoms. The van der Waals surface area contributed by atoms with E-state index in [0.29, 0.717) is 30.1 Å². The fourth-order valence-electron chi connectivity index (χ4n) is 4.62. The summed E-state index contributed by atoms with van der Waals surface area (Å²) in [6.45, 7) is 0.808. The Morgan fingerprint density at radius 3 is 2.69 bits per heavy atom. The number of aliphatic hydroxyl groups is 1. The fourth-order valence-corrected chi connectivity index (χ4v) is 4.75. The van der Waals surface area contributed by atoms with Crippen LogP contribution in [0.3, 0.4) is 0 Å². The number of rotatable bonds is 6. The minimum Gasteiger partial charge on any atom is -0.496 e. The first-order chi connectivity index (χ1) is 17.4. The van der Waals surface area contributed by atoms with Gasteiger partial charge < -0.3 is 34.9 Å². The first-order valence-electron chi connectivity index (χ1n) is 12.1. The third-order valence-corrected chi connectivity index (χ3v) is 6.67. The minimum atomic E-state index is -0.805. The monoisotopic (exact) mass is 517 g/mol. The van der Waals surface area contributed by atoms with Crippen LogP contribution in [0.25, 0.3) is 0 Å². The Labute approximate surface area is 215 Å². The van der Waals surface area contributed by atoms with E-state index >= 15 is 0 Å². The highest BCUT2D eigenvalue weighted by Gasteiger charge is 2.40. The average molecular weight is 518 g/mol. The van der Waals surface area contributed by atoms with Gasteiger partial charge in [0.15, 0.2) is 0 Å². The lowest BCUT2D eigenvalue weighted by Gasteiger charge is -2.44. The van der Waals surface area contributed by atoms with Crippen LogP contribution in [0.4, 0.5) is 10.5 Å². The second-order valence-corrected chi connectivity index (χ2v) is 9.45. The van der Waals surface area contributed by atoms with Gasteiger partial charge in [-0.1, -0.05) is 29.8 Å². The predicted octanol–water partition coefficient (Wildman–Crippen LogP) is 3.20. The SMILES string of the molecule is COc1ccccc1CNC(=O)C[C@@H]1CC[C@@H]2[C@H](COC[C@@H](O)CN2C(=O)Nc2ccc(Cl)cc2)O1. The van der Waals surface area contributed by atoms with Gasteiger partial charge in [-0.25, -0.2) is 4.79 Å². The van der Waals surface area contributed by atoms with Crippen molar-refractivity contribution in [3.05, 3.63) is 59.1 Å². The van der Waals surface area contributed by atoms with Crippen LogP contribution in [0, 0.1) is 0 Å². The van der Waals surface area contributed by atoms with Crippen LogP contribution in [-0.2, 0) is 20.8 Å². The van der Waals surface area contributed by atoms with Crippen molar-refractivity contribution < 1.29 is 28.9 Å². The van der Waals surface area contributed by atoms with Gasteiger partial charge in [-0.15, -0.1) is 0 Å². The first kappa shape index (κ1) is 26.2. The molecule has 2 aliphatic rings. The highest BCUT2D eigenvalue weighted by Crippen LogP contribution is 2.28. The molecule has 3 amide bonds. The third-order valence-electron chi connectivity index (χ3n) is 6.42. The molecular formula is C26H32ClN3O6. The highest BCUT2D eigenvalue weighted by atomic mass is 35.5. The number of hydrogen-bond acceptors (Lipinski definition) is 6. The second kappa shape index (κ2) is 12.4. The van der Waals surface area contributed by atoms with Crippen molar-refractivity contribution in [3.8, 4) is 5.75 Å². The number of fused-ring (bicyclic) bond motifs is 1. The zero-order valence-electron chi connectivity index (χ0n) is 20.2. The van der Waals surface area contributed by atoms with E-state index in [0.717, 1.165) is 11.3 Å². The van der Waals surface area contributed by atoms with Crippen molar-refractivity contribution >= 4 is 29.2 Å². The van der Waals surface area contributed by atoms with Gasteiger partial charge in [0.2, 0.25) is 5.91 Å². The lowest BCUT2D eigenvalue weighted by molar-refractivity contribution is -0.149. The summed E-state index contributed by atoms with van der Waals surface area (Å²) in [4.78, 5) is 27.4. The maximum absolute atomic E-state index is 13.1. The average Bonchev–Trinajstić information content (AvgIpc) is 2.87. The number of nitrogens with zero attached hydrogens (tertiary/aromatic N) is 1. The van der Waals surface area contributed by atoms with E-state index < -0.39 is 12.2 Å². The molecule has 4 rings (SSSR count). The van der Waals surface area contributed by atoms with Crippen molar-refractivity contribution in [2.75, 3.05) is 32.2 Å². The summed E-state index contributed by atoms with van der Waals surface area (Å²) in [7, 11) is 1.60. The number of β-amino-alcohol motifs (C(OH)–C–C–N with tert-alkyl or cyclic N) is 1. The van der Waals surface area contributed by atoms with Gasteiger partial charge in [0.05, 0.1) is 51.5 Å². The van der Waals surface area contributed by atoms with E-state index in [-0.39, 0.29) is 50.3 Å². The van der Waals surface area contributed by atoms with Gasteiger partial charge in [0, 0.05) is 22.8 Å². The normalized spacial score (nSPS) is 24.1. The molecule has 2 saturated heterocycles. The molecule has 2 heterocycles. The van der Waals surface area contributed by atoms with Gasteiger partial charge >= 0.3 is 6.03 Å². The van der Waals surface area contributed by atoms with Crippen LogP contribution < -0.4 is 15.4 Å². The van der Waals surface area contributed by atoms with Gasteiger partial charge in [-0.05, 0) is 43.2 Å². The van der Waals surface area contributed by atoms with Crippen LogP contribution in [0.2, 0.25) is 5.02 Å². The Kier molecular flexibility index (Phi) is 9.03. The highest BCUT2D eigenvalue weighted by molar-refractivity contribution is 6.30. The molecule has 4 atom stereocenters. The largest absolute Gasteiger partial charge is 0.496 e. The molecule has 9 nitrogen and oxygen atoms in total. The number of anilines is 1. The Hall–Kier alpha value is -2.85. The molecule has 0 radical (unpaired) electrons. The first-order valence-corrected chi connectivity index (χ1v) is 12.4. The summed E-state index contributed by atoms with van der Waals surface area (Å²) in [6.07, 6.45) is -0.0750. The summed E-state index contributed by atoms with van der Waals surface area (Å²) in [5.74, 6) is 0.601. The Bertz CT molecular complexity index is 1040. The Morgan fingerprint density at radius 1 is 1.14 bits per heavy atom. The molecular weight excluding hydrogens is 486 g/mol. The van der Waals surface area contributed by atoms with E-state index in [1.54, 1.807) is 36.3 Å². The van der Waals surface area contributed by atoms with Crippen molar-refractivity contribution in [3.63, 3.8) is 0 Å². The van der Waals surface area contributed by atoms with Crippen LogP contribution in [0.1, 0.15) is 24.8 Å². The number of halogens is 1. The molecule has 0 spiro atoms. The number of hydrogen-bond donors (Lipinski definition) is 3. The molecule has 194 valence electrons. The number of carbonyl (C=O) groups excluding carboxylic acids is 2. The summed E-state index contributed by atoms with van der Waals surface area (Å²) < 4.78 is 17.2. The summed E-state index contributed by atoms with van der Waals surface area (Å²) >= 11 is 5.94. The van der Waals surface area contributed by atoms with Crippen molar-refractivity contribution in [2.45, 2.75) is 50.2 Å². The number of carbonyl (C=O) groups is 2. The quantitative estimate of drug-likeness (QED) is 0.543. The number of aliphatic hydroxyl groups excluding tert-OH is 1. The van der Waals surface area contributed by atoms with Gasteiger partial charge in [0.1, 0.15) is 11.9 Å². The Balaban J connectivity index is 1.35. The molecule has 0 aromatic heterocycles. The smallest absolute Gasteiger partial charge is 0.322 e. The summed E-state index contributed by atoms with van der Waals surface area (Å²) in [5, 5.41) is 16.7. The molecule has 10 heteroatoms. The zero-order valence-corrected chi connectivity index (χ0v) is 20.9. The molecule has 0 unspecified atom stereocenters. The number of urea groups is 1. The van der Waals surface area contributed by atoms with Gasteiger partial charge in [-0.2, -0.15) is 0 Å². The van der Waals surface area contributed by atoms with E-state index in [9.17, 15) is 14.7 Å². The van der Waals surface area contributed by atoms with E-state index in [1.807, 2.05) is 24.3 Å². The number of nitrogens with one attached hydrogen (secondary N) is 2. The van der Waals surface area contributed by atoms with Crippen LogP contribution >= 0.6 is 11.6 Å². The number of benzene rings is 2. The Morgan fingerprint density at radius 2 is 1.92 bits per heavy atom. The van der Waals surface area contributed by atoms with Crippen molar-refractivity contribution in [1.82, 2.24) is 10.2 Å². The third kappa shape index (κ3) is 6.88. The molecule has 2 aromatic rings. The van der Waals surface area contributed by atoms with Crippen LogP contribution in [0.5, 0.6) is 5.75 Å². The molecule has 2 aliphatic heterocycles. The molecule has 3 N–H and O–H groups in total. The molecule has 0 saturated carbocycles. The number of para-hydroxylation sites is 1. The molecule has 2 aromatic carbocycles. The predicted molar refractivity (Wildman–Crippen MR) is 135 cm³/mol. The molecule has 0 bridgehead atoms. The van der Waals surface area contributed by atoms with Gasteiger partial charge in [-0.3, -0.25) is 4.79 Å². The summed E-state index contributed by atoms with van der Waals surface area (Å²) in [6, 6.07) is 13.8. The maximum atomic E-state index is 13.1. The van der Waals surface area contributed by atoms with Gasteiger partial charge in [0.25, 0.3) is 0 Å². The second-order valence-electron chi connectivity index (χ2n) is 9.01. The fraction of sp³-hybridized carbons (Fsp3) is 0.462. The number of ether oxygens (including phenoxy) is 3. The van der Waals surface area contributed by atoms with E-state index in [4.69, 9.17) is 25.8 Å². The van der Waals surface area contributed by atoms with Crippen LogP contribution in [-0.4, -0.2) is 73.2 Å². The summed E-state index contributed by atoms with van der Waals surface area (Å²) in [5.41, 5.74) is 1.50. The standard InChI is InChI=1S/C26H32ClN3O6/c1-34-23-5-3-2-4-17(23)13-28-25(32)12-21-10-11-22-24(36-21)16-35-15-20(31)14-30(22)26(33)29-19-8-6-18(27)7-9-19/h2-9,20-22,24,31H,10-16H2,1H3,(H,28,32)(H,29,33)/t20-,21-,22+,24-/m0/s1. The maximum Gasteiger partial charge on any atom is 0.322 e. The van der Waals surface area contributed by atoms with E-state index in [2.05, 4.69) is 10.6 Å². The van der Waals surface area contributed by atoms with Crippen molar-refractivity contribution in [1.29, 1.82) is 0 Å². The number of amides is 3. The van der Waals surface area contributed by atoms with E-state index in [1.165, 1.54) is 0 Å². The zero-order chi connectivity index (χ0) is 25.5. The molecule has 2 fully saturated rings. The lowest BCUT2D eigenvalue weighted by atomic mass is 9.95. The van der Waals surface area contributed by atoms with Crippen molar-refractivity contribution in [2.24, 2.45) is 0 Å². The lowest BCUT2D eigenvalue weighted by Crippen LogP contribution is -2.58. The number of methoxy groups -OCH3 is 1.